The van der Waals surface area contributed by atoms with E-state index in [9.17, 15) is 9.59 Å². The maximum Gasteiger partial charge on any atom is 0.257 e. The Morgan fingerprint density at radius 2 is 2.04 bits per heavy atom. The first-order valence-electron chi connectivity index (χ1n) is 7.77. The highest BCUT2D eigenvalue weighted by Gasteiger charge is 2.25. The van der Waals surface area contributed by atoms with Crippen LogP contribution in [0.2, 0.25) is 0 Å². The van der Waals surface area contributed by atoms with Crippen molar-refractivity contribution in [3.63, 3.8) is 0 Å². The van der Waals surface area contributed by atoms with E-state index in [2.05, 4.69) is 16.2 Å². The summed E-state index contributed by atoms with van der Waals surface area (Å²) in [5.74, 6) is 0.175. The summed E-state index contributed by atoms with van der Waals surface area (Å²) in [6, 6.07) is 7.16. The summed E-state index contributed by atoms with van der Waals surface area (Å²) in [5.41, 5.74) is 5.66. The van der Waals surface area contributed by atoms with Crippen LogP contribution < -0.4 is 20.9 Å². The Balaban J connectivity index is 1.75. The predicted octanol–water partition coefficient (Wildman–Crippen LogP) is 0.739. The lowest BCUT2D eigenvalue weighted by molar-refractivity contribution is -0.132. The summed E-state index contributed by atoms with van der Waals surface area (Å²) < 4.78 is 5.20. The molecule has 0 aliphatic carbocycles. The number of anilines is 1. The van der Waals surface area contributed by atoms with Crippen molar-refractivity contribution < 1.29 is 14.3 Å². The molecule has 1 heterocycles. The molecular weight excluding hydrogens is 296 g/mol. The lowest BCUT2D eigenvalue weighted by Gasteiger charge is -2.31. The van der Waals surface area contributed by atoms with Gasteiger partial charge in [0.05, 0.1) is 25.4 Å². The number of hydrogen-bond acceptors (Lipinski definition) is 5. The van der Waals surface area contributed by atoms with Crippen LogP contribution in [0.4, 0.5) is 5.69 Å². The second-order valence-electron chi connectivity index (χ2n) is 5.58. The number of methoxy groups -OCH3 is 1. The molecule has 7 nitrogen and oxygen atoms in total. The smallest absolute Gasteiger partial charge is 0.257 e. The third-order valence-electron chi connectivity index (χ3n) is 3.94. The van der Waals surface area contributed by atoms with E-state index >= 15 is 0 Å². The third-order valence-corrected chi connectivity index (χ3v) is 3.94. The Morgan fingerprint density at radius 3 is 2.78 bits per heavy atom. The van der Waals surface area contributed by atoms with Gasteiger partial charge in [-0.25, -0.2) is 0 Å². The molecule has 7 heteroatoms. The molecule has 1 aliphatic heterocycles. The van der Waals surface area contributed by atoms with Crippen LogP contribution in [-0.2, 0) is 9.59 Å². The first-order valence-corrected chi connectivity index (χ1v) is 7.77. The average Bonchev–Trinajstić information content (AvgIpc) is 2.58. The zero-order valence-corrected chi connectivity index (χ0v) is 13.6. The van der Waals surface area contributed by atoms with E-state index in [-0.39, 0.29) is 24.4 Å². The van der Waals surface area contributed by atoms with E-state index in [4.69, 9.17) is 4.74 Å². The summed E-state index contributed by atoms with van der Waals surface area (Å²) in [6.07, 6.45) is 2.96. The van der Waals surface area contributed by atoms with Crippen molar-refractivity contribution in [3.8, 4) is 5.75 Å². The normalized spacial score (nSPS) is 18.1. The molecule has 2 amide bonds. The van der Waals surface area contributed by atoms with Gasteiger partial charge in [0.15, 0.2) is 0 Å². The lowest BCUT2D eigenvalue weighted by atomic mass is 10.0. The van der Waals surface area contributed by atoms with E-state index in [0.29, 0.717) is 5.75 Å². The fourth-order valence-corrected chi connectivity index (χ4v) is 2.63. The largest absolute Gasteiger partial charge is 0.495 e. The number of nitrogens with zero attached hydrogens (tertiary/aromatic N) is 1. The molecule has 2 rings (SSSR count). The van der Waals surface area contributed by atoms with Crippen molar-refractivity contribution in [2.24, 2.45) is 0 Å². The molecule has 0 spiro atoms. The highest BCUT2D eigenvalue weighted by molar-refractivity contribution is 5.87. The van der Waals surface area contributed by atoms with Gasteiger partial charge in [0, 0.05) is 0 Å². The second kappa shape index (κ2) is 8.38. The number of piperidine rings is 1. The molecule has 0 radical (unpaired) electrons. The number of hydrazine groups is 1. The van der Waals surface area contributed by atoms with Crippen LogP contribution in [0.15, 0.2) is 24.3 Å². The first-order chi connectivity index (χ1) is 11.1. The second-order valence-corrected chi connectivity index (χ2v) is 5.58. The van der Waals surface area contributed by atoms with Gasteiger partial charge in [-0.1, -0.05) is 18.6 Å². The molecule has 0 bridgehead atoms. The lowest BCUT2D eigenvalue weighted by Crippen LogP contribution is -2.53. The van der Waals surface area contributed by atoms with Crippen LogP contribution in [0, 0.1) is 0 Å². The highest BCUT2D eigenvalue weighted by Crippen LogP contribution is 2.22. The monoisotopic (exact) mass is 320 g/mol. The summed E-state index contributed by atoms with van der Waals surface area (Å²) in [4.78, 5) is 25.9. The van der Waals surface area contributed by atoms with Gasteiger partial charge < -0.3 is 10.1 Å². The van der Waals surface area contributed by atoms with Crippen LogP contribution in [0.3, 0.4) is 0 Å². The van der Waals surface area contributed by atoms with Crippen molar-refractivity contribution in [3.05, 3.63) is 24.3 Å². The van der Waals surface area contributed by atoms with Gasteiger partial charge in [-0.2, -0.15) is 0 Å². The van der Waals surface area contributed by atoms with Gasteiger partial charge in [-0.05, 0) is 38.6 Å². The quantitative estimate of drug-likeness (QED) is 0.697. The number of carbonyl (C=O) groups excluding carboxylic acids is 2. The summed E-state index contributed by atoms with van der Waals surface area (Å²) in [6.45, 7) is 0.947. The summed E-state index contributed by atoms with van der Waals surface area (Å²) >= 11 is 0. The number of likely N-dealkylation sites (N-methyl/N-ethyl adjacent to an activating group) is 1. The Kier molecular flexibility index (Phi) is 6.22. The van der Waals surface area contributed by atoms with Gasteiger partial charge in [0.25, 0.3) is 11.8 Å². The minimum atomic E-state index is -0.317. The number of amides is 2. The maximum atomic E-state index is 12.1. The SMILES string of the molecule is COc1ccccc1NCC(=O)NNC(=O)C1CCCCN1C. The molecule has 1 saturated heterocycles. The zero-order valence-electron chi connectivity index (χ0n) is 13.6. The van der Waals surface area contributed by atoms with E-state index in [1.807, 2.05) is 30.1 Å². The maximum absolute atomic E-state index is 12.1. The standard InChI is InChI=1S/C16H24N4O3/c1-20-10-6-5-8-13(20)16(22)19-18-15(21)11-17-12-7-3-4-9-14(12)23-2/h3-4,7,9,13,17H,5-6,8,10-11H2,1-2H3,(H,18,21)(H,19,22). The number of ether oxygens (including phenoxy) is 1. The van der Waals surface area contributed by atoms with E-state index < -0.39 is 0 Å². The van der Waals surface area contributed by atoms with E-state index in [0.717, 1.165) is 31.5 Å². The van der Waals surface area contributed by atoms with Crippen LogP contribution >= 0.6 is 0 Å². The highest BCUT2D eigenvalue weighted by atomic mass is 16.5. The van der Waals surface area contributed by atoms with Gasteiger partial charge in [0.1, 0.15) is 5.75 Å². The molecule has 126 valence electrons. The number of likely N-dealkylation sites (tertiary alicyclic amines) is 1. The fraction of sp³-hybridized carbons (Fsp3) is 0.500. The minimum Gasteiger partial charge on any atom is -0.495 e. The Hall–Kier alpha value is -2.28. The van der Waals surface area contributed by atoms with Gasteiger partial charge >= 0.3 is 0 Å². The molecular formula is C16H24N4O3. The van der Waals surface area contributed by atoms with Crippen molar-refractivity contribution in [1.29, 1.82) is 0 Å². The molecule has 3 N–H and O–H groups in total. The molecule has 0 aromatic heterocycles. The number of benzene rings is 1. The van der Waals surface area contributed by atoms with Crippen LogP contribution in [0.25, 0.3) is 0 Å². The number of para-hydroxylation sites is 2. The summed E-state index contributed by atoms with van der Waals surface area (Å²) in [7, 11) is 3.50. The number of rotatable bonds is 5. The zero-order chi connectivity index (χ0) is 16.7. The van der Waals surface area contributed by atoms with Gasteiger partial charge in [0.2, 0.25) is 0 Å². The average molecular weight is 320 g/mol. The molecule has 1 aromatic carbocycles. The Bertz CT molecular complexity index is 550. The van der Waals surface area contributed by atoms with Gasteiger partial charge in [-0.15, -0.1) is 0 Å². The van der Waals surface area contributed by atoms with E-state index in [1.165, 1.54) is 0 Å². The molecule has 1 aliphatic rings. The molecule has 1 aromatic rings. The number of nitrogens with one attached hydrogen (secondary N) is 3. The Labute approximate surface area is 136 Å². The van der Waals surface area contributed by atoms with E-state index in [1.54, 1.807) is 13.2 Å². The third kappa shape index (κ3) is 4.85. The molecule has 1 fully saturated rings. The molecule has 23 heavy (non-hydrogen) atoms. The fourth-order valence-electron chi connectivity index (χ4n) is 2.63. The Morgan fingerprint density at radius 1 is 1.26 bits per heavy atom. The van der Waals surface area contributed by atoms with Gasteiger partial charge in [-0.3, -0.25) is 25.3 Å². The van der Waals surface area contributed by atoms with Crippen LogP contribution in [-0.4, -0.2) is 50.0 Å². The topological polar surface area (TPSA) is 82.7 Å². The van der Waals surface area contributed by atoms with Crippen molar-refractivity contribution in [2.45, 2.75) is 25.3 Å². The van der Waals surface area contributed by atoms with Crippen molar-refractivity contribution in [1.82, 2.24) is 15.8 Å². The molecule has 0 saturated carbocycles. The molecule has 1 atom stereocenters. The number of hydrogen-bond donors (Lipinski definition) is 3. The number of carbonyl (C=O) groups is 2. The van der Waals surface area contributed by atoms with Crippen LogP contribution in [0.1, 0.15) is 19.3 Å². The minimum absolute atomic E-state index is 0.0428. The van der Waals surface area contributed by atoms with Crippen molar-refractivity contribution >= 4 is 17.5 Å². The van der Waals surface area contributed by atoms with Crippen LogP contribution in [0.5, 0.6) is 5.75 Å². The first kappa shape index (κ1) is 17.1. The summed E-state index contributed by atoms with van der Waals surface area (Å²) in [5, 5.41) is 2.98. The molecule has 1 unspecified atom stereocenters. The van der Waals surface area contributed by atoms with Crippen molar-refractivity contribution in [2.75, 3.05) is 32.6 Å². The predicted molar refractivity (Wildman–Crippen MR) is 88.0 cm³/mol.